The largest absolute Gasteiger partial charge is 0.368 e. The van der Waals surface area contributed by atoms with Crippen LogP contribution in [0.2, 0.25) is 0 Å². The van der Waals surface area contributed by atoms with Gasteiger partial charge < -0.3 is 15.5 Å². The van der Waals surface area contributed by atoms with Gasteiger partial charge in [0.15, 0.2) is 0 Å². The average Bonchev–Trinajstić information content (AvgIpc) is 2.48. The average molecular weight is 291 g/mol. The van der Waals surface area contributed by atoms with Crippen LogP contribution in [0.15, 0.2) is 12.4 Å². The molecule has 0 radical (unpaired) electrons. The summed E-state index contributed by atoms with van der Waals surface area (Å²) in [5, 5.41) is 6.22. The lowest BCUT2D eigenvalue weighted by Gasteiger charge is -2.22. The third-order valence-corrected chi connectivity index (χ3v) is 3.69. The Bertz CT molecular complexity index is 440. The quantitative estimate of drug-likeness (QED) is 0.831. The lowest BCUT2D eigenvalue weighted by atomic mass is 9.95. The Balaban J connectivity index is 1.81. The van der Waals surface area contributed by atoms with Crippen LogP contribution in [0, 0.1) is 0 Å². The van der Waals surface area contributed by atoms with Gasteiger partial charge in [0, 0.05) is 19.1 Å². The second-order valence-corrected chi connectivity index (χ2v) is 5.83. The monoisotopic (exact) mass is 291 g/mol. The summed E-state index contributed by atoms with van der Waals surface area (Å²) in [6, 6.07) is 0.297. The highest BCUT2D eigenvalue weighted by Crippen LogP contribution is 2.17. The third kappa shape index (κ3) is 5.30. The molecular formula is C15H25N5O. The van der Waals surface area contributed by atoms with E-state index in [1.54, 1.807) is 6.20 Å². The first-order valence-electron chi connectivity index (χ1n) is 7.66. The fourth-order valence-corrected chi connectivity index (χ4v) is 2.45. The van der Waals surface area contributed by atoms with Gasteiger partial charge in [0.05, 0.1) is 12.4 Å². The Morgan fingerprint density at radius 2 is 2.00 bits per heavy atom. The van der Waals surface area contributed by atoms with Crippen LogP contribution in [0.3, 0.4) is 0 Å². The number of carbonyl (C=O) groups excluding carboxylic acids is 1. The van der Waals surface area contributed by atoms with E-state index in [9.17, 15) is 4.79 Å². The van der Waals surface area contributed by atoms with Crippen molar-refractivity contribution in [3.63, 3.8) is 0 Å². The second-order valence-electron chi connectivity index (χ2n) is 5.83. The van der Waals surface area contributed by atoms with Crippen LogP contribution in [-0.2, 0) is 0 Å². The molecule has 0 saturated heterocycles. The Kier molecular flexibility index (Phi) is 5.92. The molecule has 0 unspecified atom stereocenters. The van der Waals surface area contributed by atoms with E-state index in [1.165, 1.54) is 25.5 Å². The molecule has 21 heavy (non-hydrogen) atoms. The van der Waals surface area contributed by atoms with Crippen LogP contribution in [-0.4, -0.2) is 54.0 Å². The summed E-state index contributed by atoms with van der Waals surface area (Å²) in [5.41, 5.74) is 0.388. The number of anilines is 1. The molecule has 0 aliphatic heterocycles. The molecule has 1 aromatic heterocycles. The zero-order valence-corrected chi connectivity index (χ0v) is 12.9. The summed E-state index contributed by atoms with van der Waals surface area (Å²) in [5.74, 6) is 0.584. The third-order valence-electron chi connectivity index (χ3n) is 3.69. The van der Waals surface area contributed by atoms with Gasteiger partial charge in [-0.15, -0.1) is 0 Å². The fourth-order valence-electron chi connectivity index (χ4n) is 2.45. The van der Waals surface area contributed by atoms with E-state index in [0.717, 1.165) is 25.9 Å². The van der Waals surface area contributed by atoms with Crippen LogP contribution in [0.4, 0.5) is 5.82 Å². The zero-order valence-electron chi connectivity index (χ0n) is 12.9. The molecule has 6 nitrogen and oxygen atoms in total. The van der Waals surface area contributed by atoms with Crippen molar-refractivity contribution < 1.29 is 4.79 Å². The van der Waals surface area contributed by atoms with Gasteiger partial charge in [-0.1, -0.05) is 19.3 Å². The van der Waals surface area contributed by atoms with E-state index >= 15 is 0 Å². The van der Waals surface area contributed by atoms with Crippen LogP contribution >= 0.6 is 0 Å². The molecule has 1 fully saturated rings. The first-order valence-corrected chi connectivity index (χ1v) is 7.66. The lowest BCUT2D eigenvalue weighted by molar-refractivity contribution is 0.0922. The minimum Gasteiger partial charge on any atom is -0.368 e. The van der Waals surface area contributed by atoms with Gasteiger partial charge in [0.2, 0.25) is 0 Å². The predicted molar refractivity (Wildman–Crippen MR) is 83.4 cm³/mol. The smallest absolute Gasteiger partial charge is 0.271 e. The number of rotatable bonds is 6. The molecule has 1 amide bonds. The van der Waals surface area contributed by atoms with Crippen LogP contribution in [0.1, 0.15) is 42.6 Å². The molecule has 1 aliphatic rings. The molecule has 0 atom stereocenters. The van der Waals surface area contributed by atoms with Gasteiger partial charge in [0.25, 0.3) is 5.91 Å². The number of nitrogens with zero attached hydrogens (tertiary/aromatic N) is 3. The van der Waals surface area contributed by atoms with Gasteiger partial charge in [-0.05, 0) is 26.9 Å². The fraction of sp³-hybridized carbons (Fsp3) is 0.667. The number of carbonyl (C=O) groups is 1. The maximum atomic E-state index is 12.1. The van der Waals surface area contributed by atoms with Gasteiger partial charge in [0.1, 0.15) is 11.5 Å². The molecule has 0 spiro atoms. The summed E-state index contributed by atoms with van der Waals surface area (Å²) in [6.45, 7) is 1.72. The van der Waals surface area contributed by atoms with E-state index in [1.807, 2.05) is 14.1 Å². The van der Waals surface area contributed by atoms with Crippen LogP contribution in [0.25, 0.3) is 0 Å². The van der Waals surface area contributed by atoms with Gasteiger partial charge in [-0.3, -0.25) is 4.79 Å². The number of amides is 1. The number of aromatic nitrogens is 2. The van der Waals surface area contributed by atoms with Crippen molar-refractivity contribution in [3.05, 3.63) is 18.1 Å². The molecule has 1 aromatic rings. The molecule has 1 heterocycles. The van der Waals surface area contributed by atoms with Crippen molar-refractivity contribution in [2.24, 2.45) is 0 Å². The first kappa shape index (κ1) is 15.7. The van der Waals surface area contributed by atoms with Crippen LogP contribution in [0.5, 0.6) is 0 Å². The molecule has 2 rings (SSSR count). The van der Waals surface area contributed by atoms with E-state index in [2.05, 4.69) is 25.5 Å². The Morgan fingerprint density at radius 3 is 2.62 bits per heavy atom. The Hall–Kier alpha value is -1.69. The number of likely N-dealkylation sites (N-methyl/N-ethyl adjacent to an activating group) is 1. The standard InChI is InChI=1S/C15H25N5O/c1-20(2)9-8-16-14-11-17-13(10-18-14)15(21)19-12-6-4-3-5-7-12/h10-12H,3-9H2,1-2H3,(H,16,18)(H,19,21). The molecule has 0 bridgehead atoms. The van der Waals surface area contributed by atoms with Crippen molar-refractivity contribution in [2.45, 2.75) is 38.1 Å². The molecule has 0 aromatic carbocycles. The van der Waals surface area contributed by atoms with Gasteiger partial charge in [-0.25, -0.2) is 9.97 Å². The number of nitrogens with one attached hydrogen (secondary N) is 2. The van der Waals surface area contributed by atoms with E-state index < -0.39 is 0 Å². The van der Waals surface area contributed by atoms with Gasteiger partial charge >= 0.3 is 0 Å². The Morgan fingerprint density at radius 1 is 1.24 bits per heavy atom. The summed E-state index contributed by atoms with van der Waals surface area (Å²) < 4.78 is 0. The minimum atomic E-state index is -0.116. The highest BCUT2D eigenvalue weighted by Gasteiger charge is 2.17. The highest BCUT2D eigenvalue weighted by atomic mass is 16.1. The molecule has 1 saturated carbocycles. The molecular weight excluding hydrogens is 266 g/mol. The van der Waals surface area contributed by atoms with E-state index in [0.29, 0.717) is 17.6 Å². The molecule has 1 aliphatic carbocycles. The van der Waals surface area contributed by atoms with Gasteiger partial charge in [-0.2, -0.15) is 0 Å². The number of hydrogen-bond donors (Lipinski definition) is 2. The zero-order chi connectivity index (χ0) is 15.1. The lowest BCUT2D eigenvalue weighted by Crippen LogP contribution is -2.36. The maximum absolute atomic E-state index is 12.1. The molecule has 2 N–H and O–H groups in total. The maximum Gasteiger partial charge on any atom is 0.271 e. The van der Waals surface area contributed by atoms with Crippen molar-refractivity contribution in [2.75, 3.05) is 32.5 Å². The second kappa shape index (κ2) is 7.93. The van der Waals surface area contributed by atoms with Crippen molar-refractivity contribution >= 4 is 11.7 Å². The highest BCUT2D eigenvalue weighted by molar-refractivity contribution is 5.92. The van der Waals surface area contributed by atoms with Crippen LogP contribution < -0.4 is 10.6 Å². The van der Waals surface area contributed by atoms with E-state index in [-0.39, 0.29) is 5.91 Å². The van der Waals surface area contributed by atoms with E-state index in [4.69, 9.17) is 0 Å². The normalized spacial score (nSPS) is 16.0. The number of hydrogen-bond acceptors (Lipinski definition) is 5. The van der Waals surface area contributed by atoms with Crippen molar-refractivity contribution in [1.29, 1.82) is 0 Å². The molecule has 6 heteroatoms. The summed E-state index contributed by atoms with van der Waals surface area (Å²) >= 11 is 0. The Labute approximate surface area is 126 Å². The topological polar surface area (TPSA) is 70.2 Å². The van der Waals surface area contributed by atoms with Crippen molar-refractivity contribution in [3.8, 4) is 0 Å². The predicted octanol–water partition coefficient (Wildman–Crippen LogP) is 1.51. The van der Waals surface area contributed by atoms with Crippen molar-refractivity contribution in [1.82, 2.24) is 20.2 Å². The SMILES string of the molecule is CN(C)CCNc1cnc(C(=O)NC2CCCCC2)cn1. The summed E-state index contributed by atoms with van der Waals surface area (Å²) in [4.78, 5) is 22.6. The summed E-state index contributed by atoms with van der Waals surface area (Å²) in [7, 11) is 4.04. The molecule has 116 valence electrons. The first-order chi connectivity index (χ1) is 10.1. The summed E-state index contributed by atoms with van der Waals surface area (Å²) in [6.07, 6.45) is 8.98. The minimum absolute atomic E-state index is 0.116.